The normalized spacial score (nSPS) is 12.2. The molecule has 0 spiro atoms. The van der Waals surface area contributed by atoms with Crippen molar-refractivity contribution in [1.29, 1.82) is 0 Å². The van der Waals surface area contributed by atoms with Crippen molar-refractivity contribution in [3.05, 3.63) is 58.1 Å². The van der Waals surface area contributed by atoms with Crippen LogP contribution in [0.3, 0.4) is 0 Å². The molecule has 0 radical (unpaired) electrons. The Morgan fingerprint density at radius 2 is 1.74 bits per heavy atom. The zero-order valence-electron chi connectivity index (χ0n) is 22.5. The van der Waals surface area contributed by atoms with E-state index in [0.717, 1.165) is 6.26 Å². The van der Waals surface area contributed by atoms with E-state index in [1.807, 2.05) is 20.8 Å². The van der Waals surface area contributed by atoms with Crippen LogP contribution in [0.15, 0.2) is 42.5 Å². The third-order valence-electron chi connectivity index (χ3n) is 5.94. The molecular weight excluding hydrogens is 549 g/mol. The van der Waals surface area contributed by atoms with E-state index in [1.165, 1.54) is 16.3 Å². The van der Waals surface area contributed by atoms with E-state index in [1.54, 1.807) is 42.5 Å². The summed E-state index contributed by atoms with van der Waals surface area (Å²) < 4.78 is 31.4. The topological polar surface area (TPSA) is 96.0 Å². The standard InChI is InChI=1S/C27H37Cl2N3O5S/c1-6-25(27(34)30-17-19(2)3)31(18-20-9-10-21(28)16-24(20)29)26(33)8-7-15-32(38(5,35)36)22-11-13-23(37-4)14-12-22/h9-14,16,19,25H,6-8,15,17-18H2,1-5H3,(H,30,34)/t25-/m1/s1. The van der Waals surface area contributed by atoms with E-state index in [4.69, 9.17) is 27.9 Å². The number of hydrogen-bond donors (Lipinski definition) is 1. The SMILES string of the molecule is CC[C@H](C(=O)NCC(C)C)N(Cc1ccc(Cl)cc1Cl)C(=O)CCCN(c1ccc(OC)cc1)S(C)(=O)=O. The van der Waals surface area contributed by atoms with Gasteiger partial charge in [0.2, 0.25) is 21.8 Å². The number of ether oxygens (including phenoxy) is 1. The number of anilines is 1. The van der Waals surface area contributed by atoms with Crippen LogP contribution in [0.5, 0.6) is 5.75 Å². The fraction of sp³-hybridized carbons (Fsp3) is 0.481. The molecule has 0 aliphatic carbocycles. The number of amides is 2. The van der Waals surface area contributed by atoms with Crippen molar-refractivity contribution in [3.63, 3.8) is 0 Å². The summed E-state index contributed by atoms with van der Waals surface area (Å²) in [6, 6.07) is 11.0. The quantitative estimate of drug-likeness (QED) is 0.331. The van der Waals surface area contributed by atoms with Crippen molar-refractivity contribution in [2.24, 2.45) is 5.92 Å². The van der Waals surface area contributed by atoms with Gasteiger partial charge in [0.05, 0.1) is 19.1 Å². The third-order valence-corrected chi connectivity index (χ3v) is 7.72. The predicted molar refractivity (Wildman–Crippen MR) is 153 cm³/mol. The van der Waals surface area contributed by atoms with Gasteiger partial charge in [-0.2, -0.15) is 0 Å². The van der Waals surface area contributed by atoms with Gasteiger partial charge >= 0.3 is 0 Å². The first-order valence-corrected chi connectivity index (χ1v) is 15.1. The molecule has 1 atom stereocenters. The molecule has 11 heteroatoms. The molecule has 0 unspecified atom stereocenters. The molecule has 2 rings (SSSR count). The van der Waals surface area contributed by atoms with Gasteiger partial charge in [-0.1, -0.05) is 50.0 Å². The van der Waals surface area contributed by atoms with Crippen LogP contribution in [0.25, 0.3) is 0 Å². The zero-order chi connectivity index (χ0) is 28.5. The summed E-state index contributed by atoms with van der Waals surface area (Å²) in [4.78, 5) is 28.1. The van der Waals surface area contributed by atoms with Gasteiger partial charge < -0.3 is 15.0 Å². The highest BCUT2D eigenvalue weighted by molar-refractivity contribution is 7.92. The molecule has 0 saturated carbocycles. The summed E-state index contributed by atoms with van der Waals surface area (Å²) >= 11 is 12.4. The molecule has 0 aliphatic heterocycles. The van der Waals surface area contributed by atoms with Crippen LogP contribution in [0, 0.1) is 5.92 Å². The summed E-state index contributed by atoms with van der Waals surface area (Å²) in [5.41, 5.74) is 1.14. The van der Waals surface area contributed by atoms with Crippen LogP contribution in [0.1, 0.15) is 45.6 Å². The van der Waals surface area contributed by atoms with Crippen molar-refractivity contribution >= 4 is 50.7 Å². The smallest absolute Gasteiger partial charge is 0.242 e. The van der Waals surface area contributed by atoms with E-state index in [2.05, 4.69) is 5.32 Å². The second-order valence-corrected chi connectivity index (χ2v) is 12.2. The molecule has 0 fully saturated rings. The molecule has 38 heavy (non-hydrogen) atoms. The van der Waals surface area contributed by atoms with E-state index in [9.17, 15) is 18.0 Å². The van der Waals surface area contributed by atoms with E-state index in [0.29, 0.717) is 40.0 Å². The minimum atomic E-state index is -3.59. The van der Waals surface area contributed by atoms with Crippen LogP contribution in [-0.4, -0.2) is 57.6 Å². The zero-order valence-corrected chi connectivity index (χ0v) is 24.9. The number of hydrogen-bond acceptors (Lipinski definition) is 5. The second-order valence-electron chi connectivity index (χ2n) is 9.46. The molecular formula is C27H37Cl2N3O5S. The molecule has 2 aromatic carbocycles. The Labute approximate surface area is 236 Å². The van der Waals surface area contributed by atoms with Gasteiger partial charge in [0.25, 0.3) is 0 Å². The summed E-state index contributed by atoms with van der Waals surface area (Å²) in [6.45, 7) is 6.55. The predicted octanol–water partition coefficient (Wildman–Crippen LogP) is 5.13. The summed E-state index contributed by atoms with van der Waals surface area (Å²) in [7, 11) is -2.06. The first-order valence-electron chi connectivity index (χ1n) is 12.5. The third kappa shape index (κ3) is 9.36. The Hall–Kier alpha value is -2.49. The molecule has 210 valence electrons. The lowest BCUT2D eigenvalue weighted by Gasteiger charge is -2.31. The van der Waals surface area contributed by atoms with E-state index in [-0.39, 0.29) is 43.7 Å². The molecule has 0 saturated heterocycles. The van der Waals surface area contributed by atoms with Gasteiger partial charge in [0.15, 0.2) is 0 Å². The van der Waals surface area contributed by atoms with Gasteiger partial charge in [-0.25, -0.2) is 8.42 Å². The molecule has 2 amide bonds. The lowest BCUT2D eigenvalue weighted by molar-refractivity contribution is -0.141. The summed E-state index contributed by atoms with van der Waals surface area (Å²) in [5, 5.41) is 3.79. The molecule has 1 N–H and O–H groups in total. The highest BCUT2D eigenvalue weighted by Gasteiger charge is 2.29. The maximum atomic E-state index is 13.5. The minimum Gasteiger partial charge on any atom is -0.497 e. The summed E-state index contributed by atoms with van der Waals surface area (Å²) in [6.07, 6.45) is 1.83. The van der Waals surface area contributed by atoms with Gasteiger partial charge in [-0.15, -0.1) is 0 Å². The number of nitrogens with zero attached hydrogens (tertiary/aromatic N) is 2. The van der Waals surface area contributed by atoms with Gasteiger partial charge in [0, 0.05) is 36.1 Å². The summed E-state index contributed by atoms with van der Waals surface area (Å²) in [5.74, 6) is 0.350. The highest BCUT2D eigenvalue weighted by Crippen LogP contribution is 2.25. The number of carbonyl (C=O) groups excluding carboxylic acids is 2. The Morgan fingerprint density at radius 1 is 1.08 bits per heavy atom. The Bertz CT molecular complexity index is 1190. The minimum absolute atomic E-state index is 0.0430. The average Bonchev–Trinajstić information content (AvgIpc) is 2.85. The fourth-order valence-electron chi connectivity index (χ4n) is 3.93. The molecule has 0 heterocycles. The maximum Gasteiger partial charge on any atom is 0.242 e. The maximum absolute atomic E-state index is 13.5. The largest absolute Gasteiger partial charge is 0.497 e. The number of methoxy groups -OCH3 is 1. The number of halogens is 2. The number of nitrogens with one attached hydrogen (secondary N) is 1. The lowest BCUT2D eigenvalue weighted by Crippen LogP contribution is -2.49. The fourth-order valence-corrected chi connectivity index (χ4v) is 5.36. The van der Waals surface area contributed by atoms with Crippen molar-refractivity contribution in [3.8, 4) is 5.75 Å². The van der Waals surface area contributed by atoms with Crippen LogP contribution in [0.2, 0.25) is 10.0 Å². The second kappa shape index (κ2) is 14.6. The van der Waals surface area contributed by atoms with Gasteiger partial charge in [-0.05, 0) is 60.7 Å². The molecule has 0 aromatic heterocycles. The van der Waals surface area contributed by atoms with Crippen LogP contribution >= 0.6 is 23.2 Å². The number of benzene rings is 2. The number of sulfonamides is 1. The Balaban J connectivity index is 2.24. The Kier molecular flexibility index (Phi) is 12.2. The number of carbonyl (C=O) groups is 2. The van der Waals surface area contributed by atoms with Crippen LogP contribution < -0.4 is 14.4 Å². The highest BCUT2D eigenvalue weighted by atomic mass is 35.5. The molecule has 8 nitrogen and oxygen atoms in total. The first kappa shape index (κ1) is 31.7. The van der Waals surface area contributed by atoms with Gasteiger partial charge in [-0.3, -0.25) is 13.9 Å². The van der Waals surface area contributed by atoms with Crippen LogP contribution in [0.4, 0.5) is 5.69 Å². The van der Waals surface area contributed by atoms with E-state index < -0.39 is 16.1 Å². The number of rotatable bonds is 14. The first-order chi connectivity index (χ1) is 17.9. The van der Waals surface area contributed by atoms with Crippen molar-refractivity contribution in [2.45, 2.75) is 52.6 Å². The lowest BCUT2D eigenvalue weighted by atomic mass is 10.1. The van der Waals surface area contributed by atoms with Gasteiger partial charge in [0.1, 0.15) is 11.8 Å². The van der Waals surface area contributed by atoms with E-state index >= 15 is 0 Å². The van der Waals surface area contributed by atoms with Crippen LogP contribution in [-0.2, 0) is 26.2 Å². The van der Waals surface area contributed by atoms with Crippen molar-refractivity contribution < 1.29 is 22.7 Å². The van der Waals surface area contributed by atoms with Crippen molar-refractivity contribution in [1.82, 2.24) is 10.2 Å². The molecule has 0 aliphatic rings. The van der Waals surface area contributed by atoms with Crippen molar-refractivity contribution in [2.75, 3.05) is 30.8 Å². The monoisotopic (exact) mass is 585 g/mol. The molecule has 0 bridgehead atoms. The average molecular weight is 587 g/mol. The Morgan fingerprint density at radius 3 is 2.26 bits per heavy atom. The molecule has 2 aromatic rings.